The number of nitrogens with one attached hydrogen (secondary N) is 1. The Balaban J connectivity index is 2.53. The van der Waals surface area contributed by atoms with Crippen LogP contribution in [0, 0.1) is 3.57 Å². The highest BCUT2D eigenvalue weighted by Crippen LogP contribution is 2.32. The molecule has 2 rings (SSSR count). The van der Waals surface area contributed by atoms with Crippen LogP contribution in [0.3, 0.4) is 0 Å². The van der Waals surface area contributed by atoms with Crippen molar-refractivity contribution in [3.05, 3.63) is 48.7 Å². The van der Waals surface area contributed by atoms with E-state index in [1.807, 2.05) is 23.0 Å². The Bertz CT molecular complexity index is 627. The fourth-order valence-electron chi connectivity index (χ4n) is 2.30. The van der Waals surface area contributed by atoms with Crippen molar-refractivity contribution < 1.29 is 0 Å². The Kier molecular flexibility index (Phi) is 6.11. The predicted molar refractivity (Wildman–Crippen MR) is 100 cm³/mol. The first-order chi connectivity index (χ1) is 9.95. The largest absolute Gasteiger partial charge is 0.305 e. The number of aromatic nitrogens is 2. The summed E-state index contributed by atoms with van der Waals surface area (Å²) in [4.78, 5) is 0. The van der Waals surface area contributed by atoms with Gasteiger partial charge in [0.05, 0.1) is 27.4 Å². The predicted octanol–water partition coefficient (Wildman–Crippen LogP) is 5.18. The molecule has 0 aliphatic carbocycles. The molecule has 0 radical (unpaired) electrons. The Labute approximate surface area is 152 Å². The van der Waals surface area contributed by atoms with Crippen LogP contribution in [0.1, 0.15) is 44.1 Å². The van der Waals surface area contributed by atoms with Crippen molar-refractivity contribution in [2.24, 2.45) is 0 Å². The summed E-state index contributed by atoms with van der Waals surface area (Å²) in [6, 6.07) is 6.55. The summed E-state index contributed by atoms with van der Waals surface area (Å²) < 4.78 is 4.12. The maximum atomic E-state index is 6.29. The van der Waals surface area contributed by atoms with E-state index in [1.165, 1.54) is 0 Å². The van der Waals surface area contributed by atoms with Crippen LogP contribution >= 0.6 is 50.1 Å². The van der Waals surface area contributed by atoms with Crippen LogP contribution in [0.15, 0.2) is 28.9 Å². The van der Waals surface area contributed by atoms with Crippen molar-refractivity contribution in [2.75, 3.05) is 6.54 Å². The summed E-state index contributed by atoms with van der Waals surface area (Å²) in [7, 11) is 0. The van der Waals surface area contributed by atoms with Gasteiger partial charge in [0.15, 0.2) is 0 Å². The average Bonchev–Trinajstić information content (AvgIpc) is 2.81. The molecular formula is C15H18BrClIN3. The maximum absolute atomic E-state index is 6.29. The molecule has 6 heteroatoms. The number of rotatable bonds is 5. The Hall–Kier alpha value is -0.110. The van der Waals surface area contributed by atoms with Gasteiger partial charge in [-0.2, -0.15) is 5.10 Å². The molecule has 3 nitrogen and oxygen atoms in total. The summed E-state index contributed by atoms with van der Waals surface area (Å²) in [6.07, 6.45) is 1.86. The summed E-state index contributed by atoms with van der Waals surface area (Å²) in [5.41, 5.74) is 2.27. The third kappa shape index (κ3) is 3.81. The van der Waals surface area contributed by atoms with Crippen LogP contribution in [-0.4, -0.2) is 16.3 Å². The molecule has 1 N–H and O–H groups in total. The lowest BCUT2D eigenvalue weighted by Crippen LogP contribution is -2.26. The number of hydrogen-bond donors (Lipinski definition) is 1. The molecule has 0 saturated carbocycles. The smallest absolute Gasteiger partial charge is 0.0760 e. The van der Waals surface area contributed by atoms with E-state index in [1.54, 1.807) is 0 Å². The Morgan fingerprint density at radius 2 is 2.14 bits per heavy atom. The number of benzene rings is 1. The number of hydrogen-bond acceptors (Lipinski definition) is 2. The second kappa shape index (κ2) is 7.44. The minimum atomic E-state index is 0.0591. The molecule has 0 saturated heterocycles. The first kappa shape index (κ1) is 17.2. The quantitative estimate of drug-likeness (QED) is 0.595. The van der Waals surface area contributed by atoms with E-state index in [2.05, 4.69) is 75.8 Å². The highest BCUT2D eigenvalue weighted by Gasteiger charge is 2.23. The van der Waals surface area contributed by atoms with Gasteiger partial charge in [-0.15, -0.1) is 0 Å². The van der Waals surface area contributed by atoms with Gasteiger partial charge in [0, 0.05) is 9.61 Å². The SMILES string of the molecule is CCNC(c1ccc(I)c(Cl)c1)c1c(Br)cnn1C(C)C. The molecule has 1 heterocycles. The molecular weight excluding hydrogens is 464 g/mol. The van der Waals surface area contributed by atoms with Crippen LogP contribution in [0.25, 0.3) is 0 Å². The molecule has 1 unspecified atom stereocenters. The minimum Gasteiger partial charge on any atom is -0.305 e. The maximum Gasteiger partial charge on any atom is 0.0760 e. The van der Waals surface area contributed by atoms with Crippen molar-refractivity contribution in [3.63, 3.8) is 0 Å². The zero-order valence-electron chi connectivity index (χ0n) is 12.2. The van der Waals surface area contributed by atoms with Gasteiger partial charge in [0.25, 0.3) is 0 Å². The van der Waals surface area contributed by atoms with E-state index < -0.39 is 0 Å². The van der Waals surface area contributed by atoms with Gasteiger partial charge in [-0.3, -0.25) is 4.68 Å². The van der Waals surface area contributed by atoms with E-state index in [0.717, 1.165) is 30.9 Å². The Morgan fingerprint density at radius 3 is 2.71 bits per heavy atom. The van der Waals surface area contributed by atoms with Crippen molar-refractivity contribution in [2.45, 2.75) is 32.9 Å². The first-order valence-corrected chi connectivity index (χ1v) is 9.11. The third-order valence-electron chi connectivity index (χ3n) is 3.23. The molecule has 0 amide bonds. The molecule has 0 aliphatic rings. The monoisotopic (exact) mass is 481 g/mol. The molecule has 0 aliphatic heterocycles. The minimum absolute atomic E-state index is 0.0591. The van der Waals surface area contributed by atoms with E-state index in [-0.39, 0.29) is 6.04 Å². The van der Waals surface area contributed by atoms with Gasteiger partial charge in [-0.05, 0) is 76.6 Å². The molecule has 0 fully saturated rings. The van der Waals surface area contributed by atoms with Crippen LogP contribution in [0.2, 0.25) is 5.02 Å². The summed E-state index contributed by atoms with van der Waals surface area (Å²) >= 11 is 12.2. The van der Waals surface area contributed by atoms with Gasteiger partial charge in [-0.25, -0.2) is 0 Å². The van der Waals surface area contributed by atoms with E-state index in [0.29, 0.717) is 6.04 Å². The van der Waals surface area contributed by atoms with Crippen LogP contribution in [0.4, 0.5) is 0 Å². The lowest BCUT2D eigenvalue weighted by atomic mass is 10.0. The van der Waals surface area contributed by atoms with Crippen LogP contribution in [-0.2, 0) is 0 Å². The van der Waals surface area contributed by atoms with Crippen molar-refractivity contribution >= 4 is 50.1 Å². The van der Waals surface area contributed by atoms with Gasteiger partial charge in [0.2, 0.25) is 0 Å². The fraction of sp³-hybridized carbons (Fsp3) is 0.400. The normalized spacial score (nSPS) is 12.9. The summed E-state index contributed by atoms with van der Waals surface area (Å²) in [5, 5.41) is 8.79. The lowest BCUT2D eigenvalue weighted by Gasteiger charge is -2.22. The molecule has 114 valence electrons. The average molecular weight is 483 g/mol. The summed E-state index contributed by atoms with van der Waals surface area (Å²) in [6.45, 7) is 7.23. The second-order valence-corrected chi connectivity index (χ2v) is 7.50. The molecule has 1 aromatic heterocycles. The molecule has 2 aromatic rings. The molecule has 1 atom stereocenters. The molecule has 0 spiro atoms. The van der Waals surface area contributed by atoms with Crippen LogP contribution < -0.4 is 5.32 Å². The van der Waals surface area contributed by atoms with Crippen molar-refractivity contribution in [1.82, 2.24) is 15.1 Å². The molecule has 21 heavy (non-hydrogen) atoms. The number of nitrogens with zero attached hydrogens (tertiary/aromatic N) is 2. The van der Waals surface area contributed by atoms with Crippen molar-refractivity contribution in [3.8, 4) is 0 Å². The Morgan fingerprint density at radius 1 is 1.43 bits per heavy atom. The van der Waals surface area contributed by atoms with Crippen molar-refractivity contribution in [1.29, 1.82) is 0 Å². The number of halogens is 3. The topological polar surface area (TPSA) is 29.9 Å². The van der Waals surface area contributed by atoms with Gasteiger partial charge < -0.3 is 5.32 Å². The molecule has 1 aromatic carbocycles. The lowest BCUT2D eigenvalue weighted by molar-refractivity contribution is 0.475. The highest BCUT2D eigenvalue weighted by atomic mass is 127. The zero-order valence-corrected chi connectivity index (χ0v) is 16.7. The van der Waals surface area contributed by atoms with Crippen LogP contribution in [0.5, 0.6) is 0 Å². The first-order valence-electron chi connectivity index (χ1n) is 6.87. The highest BCUT2D eigenvalue weighted by molar-refractivity contribution is 14.1. The molecule has 0 bridgehead atoms. The second-order valence-electron chi connectivity index (χ2n) is 5.08. The van der Waals surface area contributed by atoms with E-state index in [9.17, 15) is 0 Å². The third-order valence-corrected chi connectivity index (χ3v) is 5.42. The van der Waals surface area contributed by atoms with E-state index in [4.69, 9.17) is 11.6 Å². The van der Waals surface area contributed by atoms with E-state index >= 15 is 0 Å². The zero-order chi connectivity index (χ0) is 15.6. The van der Waals surface area contributed by atoms with Gasteiger partial charge >= 0.3 is 0 Å². The summed E-state index contributed by atoms with van der Waals surface area (Å²) in [5.74, 6) is 0. The van der Waals surface area contributed by atoms with Gasteiger partial charge in [-0.1, -0.05) is 24.6 Å². The standard InChI is InChI=1S/C15H18BrClIN3/c1-4-19-14(10-5-6-13(18)12(17)7-10)15-11(16)8-20-21(15)9(2)3/h5-9,14,19H,4H2,1-3H3. The van der Waals surface area contributed by atoms with Gasteiger partial charge in [0.1, 0.15) is 0 Å². The fourth-order valence-corrected chi connectivity index (χ4v) is 3.33.